The summed E-state index contributed by atoms with van der Waals surface area (Å²) in [7, 11) is 0. The lowest BCUT2D eigenvalue weighted by Crippen LogP contribution is -1.87. The number of rotatable bonds is 3. The predicted octanol–water partition coefficient (Wildman–Crippen LogP) is 3.95. The fraction of sp³-hybridized carbons (Fsp3) is 0.125. The summed E-state index contributed by atoms with van der Waals surface area (Å²) >= 11 is 6.28. The smallest absolute Gasteiger partial charge is 0.170 e. The highest BCUT2D eigenvalue weighted by Crippen LogP contribution is 2.34. The van der Waals surface area contributed by atoms with E-state index in [1.54, 1.807) is 12.3 Å². The van der Waals surface area contributed by atoms with Crippen molar-refractivity contribution < 1.29 is 4.79 Å². The first-order valence-electron chi connectivity index (χ1n) is 3.23. The van der Waals surface area contributed by atoms with Crippen molar-refractivity contribution in [2.75, 3.05) is 0 Å². The van der Waals surface area contributed by atoms with E-state index in [1.165, 1.54) is 23.1 Å². The maximum absolute atomic E-state index is 11.1. The quantitative estimate of drug-likeness (QED) is 0.606. The number of thiophene rings is 1. The Kier molecular flexibility index (Phi) is 3.55. The van der Waals surface area contributed by atoms with Crippen molar-refractivity contribution >= 4 is 44.8 Å². The summed E-state index contributed by atoms with van der Waals surface area (Å²) in [5.41, 5.74) is 0. The SMILES string of the molecule is C=CSc1cc(Br)sc1C(C)=O. The van der Waals surface area contributed by atoms with Crippen molar-refractivity contribution in [3.05, 3.63) is 26.7 Å². The molecule has 0 unspecified atom stereocenters. The molecule has 0 aliphatic carbocycles. The summed E-state index contributed by atoms with van der Waals surface area (Å²) in [5.74, 6) is 0.107. The molecule has 12 heavy (non-hydrogen) atoms. The second kappa shape index (κ2) is 4.25. The normalized spacial score (nSPS) is 9.83. The molecule has 0 saturated carbocycles. The molecule has 1 aromatic heterocycles. The maximum atomic E-state index is 11.1. The number of halogens is 1. The van der Waals surface area contributed by atoms with Gasteiger partial charge >= 0.3 is 0 Å². The Hall–Kier alpha value is -0.0600. The van der Waals surface area contributed by atoms with Gasteiger partial charge < -0.3 is 0 Å². The Morgan fingerprint density at radius 2 is 2.50 bits per heavy atom. The van der Waals surface area contributed by atoms with E-state index in [9.17, 15) is 4.79 Å². The summed E-state index contributed by atoms with van der Waals surface area (Å²) in [4.78, 5) is 12.9. The van der Waals surface area contributed by atoms with Gasteiger partial charge in [-0.15, -0.1) is 11.3 Å². The molecule has 1 aromatic rings. The molecule has 4 heteroatoms. The van der Waals surface area contributed by atoms with E-state index >= 15 is 0 Å². The van der Waals surface area contributed by atoms with Gasteiger partial charge in [-0.3, -0.25) is 4.79 Å². The van der Waals surface area contributed by atoms with Crippen molar-refractivity contribution in [2.45, 2.75) is 11.8 Å². The lowest BCUT2D eigenvalue weighted by molar-refractivity contribution is 0.101. The molecule has 0 fully saturated rings. The van der Waals surface area contributed by atoms with Crippen LogP contribution in [-0.4, -0.2) is 5.78 Å². The molecule has 0 radical (unpaired) electrons. The van der Waals surface area contributed by atoms with E-state index in [1.807, 2.05) is 6.07 Å². The highest BCUT2D eigenvalue weighted by Gasteiger charge is 2.10. The molecule has 0 N–H and O–H groups in total. The van der Waals surface area contributed by atoms with Crippen LogP contribution in [0, 0.1) is 0 Å². The first-order chi connectivity index (χ1) is 5.65. The lowest BCUT2D eigenvalue weighted by atomic mass is 10.3. The molecule has 1 heterocycles. The fourth-order valence-corrected chi connectivity index (χ4v) is 3.27. The van der Waals surface area contributed by atoms with Gasteiger partial charge in [0.15, 0.2) is 5.78 Å². The molecule has 0 atom stereocenters. The third-order valence-corrected chi connectivity index (χ3v) is 3.81. The molecule has 64 valence electrons. The van der Waals surface area contributed by atoms with E-state index in [2.05, 4.69) is 22.5 Å². The summed E-state index contributed by atoms with van der Waals surface area (Å²) in [6.07, 6.45) is 0. The van der Waals surface area contributed by atoms with Crippen LogP contribution in [0.4, 0.5) is 0 Å². The summed E-state index contributed by atoms with van der Waals surface area (Å²) in [6.45, 7) is 5.18. The minimum Gasteiger partial charge on any atom is -0.294 e. The average Bonchev–Trinajstić information content (AvgIpc) is 2.32. The van der Waals surface area contributed by atoms with Crippen molar-refractivity contribution in [3.8, 4) is 0 Å². The fourth-order valence-electron chi connectivity index (χ4n) is 0.769. The number of hydrogen-bond acceptors (Lipinski definition) is 3. The topological polar surface area (TPSA) is 17.1 Å². The van der Waals surface area contributed by atoms with Crippen LogP contribution in [0.3, 0.4) is 0 Å². The predicted molar refractivity (Wildman–Crippen MR) is 58.1 cm³/mol. The van der Waals surface area contributed by atoms with Gasteiger partial charge in [-0.25, -0.2) is 0 Å². The molecule has 0 aliphatic heterocycles. The summed E-state index contributed by atoms with van der Waals surface area (Å²) < 4.78 is 0.983. The second-order valence-corrected chi connectivity index (χ2v) is 5.52. The van der Waals surface area contributed by atoms with Gasteiger partial charge in [0, 0.05) is 4.90 Å². The van der Waals surface area contributed by atoms with Gasteiger partial charge in [0.1, 0.15) is 0 Å². The highest BCUT2D eigenvalue weighted by molar-refractivity contribution is 9.11. The van der Waals surface area contributed by atoms with E-state index in [0.717, 1.165) is 13.6 Å². The number of carbonyl (C=O) groups excluding carboxylic acids is 1. The maximum Gasteiger partial charge on any atom is 0.170 e. The first-order valence-corrected chi connectivity index (χ1v) is 5.72. The average molecular weight is 263 g/mol. The number of ketones is 1. The van der Waals surface area contributed by atoms with Gasteiger partial charge in [0.25, 0.3) is 0 Å². The third-order valence-electron chi connectivity index (χ3n) is 1.20. The second-order valence-electron chi connectivity index (χ2n) is 2.08. The van der Waals surface area contributed by atoms with Crippen molar-refractivity contribution in [2.24, 2.45) is 0 Å². The van der Waals surface area contributed by atoms with Gasteiger partial charge in [0.05, 0.1) is 8.66 Å². The van der Waals surface area contributed by atoms with Crippen LogP contribution >= 0.6 is 39.0 Å². The Morgan fingerprint density at radius 1 is 1.83 bits per heavy atom. The summed E-state index contributed by atoms with van der Waals surface area (Å²) in [5, 5.41) is 1.72. The molecular weight excluding hydrogens is 256 g/mol. The van der Waals surface area contributed by atoms with Gasteiger partial charge in [-0.1, -0.05) is 18.3 Å². The van der Waals surface area contributed by atoms with Crippen LogP contribution in [0.1, 0.15) is 16.6 Å². The van der Waals surface area contributed by atoms with E-state index in [4.69, 9.17) is 0 Å². The summed E-state index contributed by atoms with van der Waals surface area (Å²) in [6, 6.07) is 1.94. The van der Waals surface area contributed by atoms with Crippen LogP contribution in [0.5, 0.6) is 0 Å². The Labute approximate surface area is 88.0 Å². The molecule has 0 amide bonds. The zero-order valence-electron chi connectivity index (χ0n) is 6.46. The molecule has 1 rings (SSSR count). The lowest BCUT2D eigenvalue weighted by Gasteiger charge is -1.92. The molecule has 0 spiro atoms. The van der Waals surface area contributed by atoms with Crippen molar-refractivity contribution in [1.82, 2.24) is 0 Å². The highest BCUT2D eigenvalue weighted by atomic mass is 79.9. The molecular formula is C8H7BrOS2. The number of hydrogen-bond donors (Lipinski definition) is 0. The largest absolute Gasteiger partial charge is 0.294 e. The zero-order chi connectivity index (χ0) is 9.14. The van der Waals surface area contributed by atoms with Crippen molar-refractivity contribution in [3.63, 3.8) is 0 Å². The number of carbonyl (C=O) groups is 1. The minimum atomic E-state index is 0.107. The molecule has 0 aromatic carbocycles. The zero-order valence-corrected chi connectivity index (χ0v) is 9.68. The van der Waals surface area contributed by atoms with E-state index in [-0.39, 0.29) is 5.78 Å². The monoisotopic (exact) mass is 262 g/mol. The molecule has 0 aliphatic rings. The molecule has 0 saturated heterocycles. The van der Waals surface area contributed by atoms with Crippen LogP contribution in [0.25, 0.3) is 0 Å². The Balaban J connectivity index is 3.07. The molecule has 1 nitrogen and oxygen atoms in total. The Bertz CT molecular complexity index is 317. The van der Waals surface area contributed by atoms with E-state index < -0.39 is 0 Å². The van der Waals surface area contributed by atoms with Crippen LogP contribution in [-0.2, 0) is 0 Å². The standard InChI is InChI=1S/C8H7BrOS2/c1-3-11-6-4-7(9)12-8(6)5(2)10/h3-4H,1H2,2H3. The minimum absolute atomic E-state index is 0.107. The third kappa shape index (κ3) is 2.21. The van der Waals surface area contributed by atoms with Gasteiger partial charge in [-0.2, -0.15) is 0 Å². The van der Waals surface area contributed by atoms with Crippen LogP contribution in [0.15, 0.2) is 26.7 Å². The molecule has 0 bridgehead atoms. The van der Waals surface area contributed by atoms with Crippen LogP contribution < -0.4 is 0 Å². The van der Waals surface area contributed by atoms with Gasteiger partial charge in [-0.05, 0) is 34.3 Å². The van der Waals surface area contributed by atoms with Gasteiger partial charge in [0.2, 0.25) is 0 Å². The van der Waals surface area contributed by atoms with Crippen LogP contribution in [0.2, 0.25) is 0 Å². The Morgan fingerprint density at radius 3 is 3.00 bits per heavy atom. The number of thioether (sulfide) groups is 1. The number of Topliss-reactive ketones (excluding diaryl/α,β-unsaturated/α-hetero) is 1. The van der Waals surface area contributed by atoms with E-state index in [0.29, 0.717) is 0 Å². The van der Waals surface area contributed by atoms with Crippen molar-refractivity contribution in [1.29, 1.82) is 0 Å². The first kappa shape index (κ1) is 10.0.